The van der Waals surface area contributed by atoms with Crippen molar-refractivity contribution >= 4 is 66.0 Å². The predicted molar refractivity (Wildman–Crippen MR) is 244 cm³/mol. The topological polar surface area (TPSA) is 169 Å². The molecule has 3 aromatic heterocycles. The monoisotopic (exact) mass is 886 g/mol. The van der Waals surface area contributed by atoms with Gasteiger partial charge < -0.3 is 14.5 Å². The number of rotatable bonds is 12. The van der Waals surface area contributed by atoms with Crippen molar-refractivity contribution < 1.29 is 27.5 Å². The van der Waals surface area contributed by atoms with Gasteiger partial charge >= 0.3 is 5.97 Å². The van der Waals surface area contributed by atoms with E-state index in [4.69, 9.17) is 14.8 Å². The summed E-state index contributed by atoms with van der Waals surface area (Å²) in [6.45, 7) is 7.06. The molecule has 0 spiro atoms. The fraction of sp³-hybridized carbons (Fsp3) is 0.362. The molecule has 1 aliphatic carbocycles. The highest BCUT2D eigenvalue weighted by Gasteiger charge is 2.30. The smallest absolute Gasteiger partial charge is 0.309 e. The van der Waals surface area contributed by atoms with Gasteiger partial charge in [-0.25, -0.2) is 23.1 Å². The molecule has 1 saturated heterocycles. The standard InChI is InChI=1S/C47H50N8O6S2/c1-3-61-46(58)33-22-24-53(25-23-33)34-15-17-35(18-16-34)63(59,60)52-45(57)43-36(38-27-48-55(30(38)2)28-31-9-4-5-10-31)19-20-42(50-43)54-26-21-32-11-8-12-37(39(32)29-54)44(56)51-47-49-40-13-6-7-14-41(40)62-47/h6-8,11-20,27,31,33H,3-5,9-10,21-26,28-29H2,1-2H3,(H,52,57)(H,49,51,56). The third kappa shape index (κ3) is 8.91. The van der Waals surface area contributed by atoms with Gasteiger partial charge in [0.25, 0.3) is 21.8 Å². The lowest BCUT2D eigenvalue weighted by atomic mass is 9.94. The van der Waals surface area contributed by atoms with Crippen LogP contribution in [0.1, 0.15) is 83.1 Å². The summed E-state index contributed by atoms with van der Waals surface area (Å²) in [6, 6.07) is 23.5. The number of carbonyl (C=O) groups is 3. The molecule has 6 aromatic rings. The van der Waals surface area contributed by atoms with Crippen molar-refractivity contribution in [2.45, 2.75) is 76.8 Å². The number of carbonyl (C=O) groups excluding carboxylic acids is 3. The number of sulfonamides is 1. The van der Waals surface area contributed by atoms with Crippen LogP contribution in [0.2, 0.25) is 0 Å². The van der Waals surface area contributed by atoms with Gasteiger partial charge in [-0.3, -0.25) is 24.4 Å². The van der Waals surface area contributed by atoms with E-state index in [1.54, 1.807) is 31.3 Å². The van der Waals surface area contributed by atoms with Gasteiger partial charge in [0.1, 0.15) is 11.5 Å². The van der Waals surface area contributed by atoms with E-state index < -0.39 is 15.9 Å². The summed E-state index contributed by atoms with van der Waals surface area (Å²) in [7, 11) is -4.33. The fourth-order valence-corrected chi connectivity index (χ4v) is 10.9. The van der Waals surface area contributed by atoms with Crippen molar-refractivity contribution in [3.05, 3.63) is 113 Å². The number of fused-ring (bicyclic) bond motifs is 2. The minimum atomic E-state index is -4.33. The van der Waals surface area contributed by atoms with Crippen LogP contribution in [-0.4, -0.2) is 72.2 Å². The first-order valence-corrected chi connectivity index (χ1v) is 24.0. The van der Waals surface area contributed by atoms with Gasteiger partial charge in [-0.2, -0.15) is 5.10 Å². The van der Waals surface area contributed by atoms with Gasteiger partial charge in [-0.05, 0) is 118 Å². The van der Waals surface area contributed by atoms with E-state index in [2.05, 4.69) is 19.9 Å². The highest BCUT2D eigenvalue weighted by molar-refractivity contribution is 7.90. The molecule has 0 unspecified atom stereocenters. The molecule has 326 valence electrons. The Labute approximate surface area is 370 Å². The molecule has 1 saturated carbocycles. The van der Waals surface area contributed by atoms with Crippen LogP contribution >= 0.6 is 11.3 Å². The Balaban J connectivity index is 0.977. The third-order valence-corrected chi connectivity index (χ3v) is 14.9. The Hall–Kier alpha value is -6.13. The van der Waals surface area contributed by atoms with Gasteiger partial charge in [0.2, 0.25) is 0 Å². The Kier molecular flexibility index (Phi) is 12.0. The number of nitrogens with zero attached hydrogens (tertiary/aromatic N) is 6. The molecular weight excluding hydrogens is 837 g/mol. The van der Waals surface area contributed by atoms with E-state index in [1.807, 2.05) is 65.0 Å². The van der Waals surface area contributed by atoms with Crippen molar-refractivity contribution in [3.63, 3.8) is 0 Å². The van der Waals surface area contributed by atoms with Crippen LogP contribution in [0.5, 0.6) is 0 Å². The number of anilines is 3. The van der Waals surface area contributed by atoms with Gasteiger partial charge in [0, 0.05) is 60.8 Å². The molecule has 9 rings (SSSR count). The minimum Gasteiger partial charge on any atom is -0.466 e. The quantitative estimate of drug-likeness (QED) is 0.115. The molecule has 0 radical (unpaired) electrons. The molecule has 16 heteroatoms. The van der Waals surface area contributed by atoms with Crippen molar-refractivity contribution in [3.8, 4) is 11.1 Å². The van der Waals surface area contributed by atoms with Crippen LogP contribution in [0.15, 0.2) is 90.0 Å². The SMILES string of the molecule is CCOC(=O)C1CCN(c2ccc(S(=O)(=O)NC(=O)c3nc(N4CCc5cccc(C(=O)Nc6nc7ccccc7s6)c5C4)ccc3-c3cnn(CC4CCCC4)c3C)cc2)CC1. The van der Waals surface area contributed by atoms with Crippen molar-refractivity contribution in [1.82, 2.24) is 24.5 Å². The average molecular weight is 887 g/mol. The second-order valence-corrected chi connectivity index (χ2v) is 19.3. The second kappa shape index (κ2) is 17.9. The minimum absolute atomic E-state index is 0.0478. The largest absolute Gasteiger partial charge is 0.466 e. The van der Waals surface area contributed by atoms with E-state index in [0.717, 1.165) is 52.1 Å². The molecule has 2 aliphatic heterocycles. The number of para-hydroxylation sites is 1. The van der Waals surface area contributed by atoms with Gasteiger partial charge in [0.15, 0.2) is 5.13 Å². The number of benzene rings is 3. The maximum absolute atomic E-state index is 14.4. The fourth-order valence-electron chi connectivity index (χ4n) is 9.13. The lowest BCUT2D eigenvalue weighted by Gasteiger charge is -2.32. The molecule has 14 nitrogen and oxygen atoms in total. The van der Waals surface area contributed by atoms with Crippen molar-refractivity contribution in [2.75, 3.05) is 41.4 Å². The number of aromatic nitrogens is 4. The number of hydrogen-bond donors (Lipinski definition) is 2. The third-order valence-electron chi connectivity index (χ3n) is 12.6. The first-order chi connectivity index (χ1) is 30.5. The Morgan fingerprint density at radius 1 is 0.841 bits per heavy atom. The zero-order valence-corrected chi connectivity index (χ0v) is 37.0. The Morgan fingerprint density at radius 2 is 1.62 bits per heavy atom. The summed E-state index contributed by atoms with van der Waals surface area (Å²) in [5.74, 6) is -0.457. The molecule has 3 aromatic carbocycles. The van der Waals surface area contributed by atoms with Crippen molar-refractivity contribution in [1.29, 1.82) is 0 Å². The Morgan fingerprint density at radius 3 is 2.38 bits per heavy atom. The van der Waals surface area contributed by atoms with E-state index in [1.165, 1.54) is 36.3 Å². The number of hydrogen-bond acceptors (Lipinski definition) is 12. The van der Waals surface area contributed by atoms with Crippen LogP contribution in [0, 0.1) is 18.8 Å². The van der Waals surface area contributed by atoms with Crippen LogP contribution in [0.25, 0.3) is 21.3 Å². The summed E-state index contributed by atoms with van der Waals surface area (Å²) in [4.78, 5) is 54.0. The summed E-state index contributed by atoms with van der Waals surface area (Å²) in [5.41, 5.74) is 6.04. The zero-order valence-electron chi connectivity index (χ0n) is 35.4. The van der Waals surface area contributed by atoms with Gasteiger partial charge in [0.05, 0.1) is 33.8 Å². The lowest BCUT2D eigenvalue weighted by Crippen LogP contribution is -2.37. The molecule has 5 heterocycles. The molecule has 3 aliphatic rings. The Bertz CT molecular complexity index is 2760. The van der Waals surface area contributed by atoms with Crippen LogP contribution in [0.3, 0.4) is 0 Å². The molecular formula is C47H50N8O6S2. The summed E-state index contributed by atoms with van der Waals surface area (Å²) < 4.78 is 38.3. The predicted octanol–water partition coefficient (Wildman–Crippen LogP) is 7.77. The molecule has 0 atom stereocenters. The number of nitrogens with one attached hydrogen (secondary N) is 2. The van der Waals surface area contributed by atoms with E-state index in [0.29, 0.717) is 85.6 Å². The molecule has 2 amide bonds. The van der Waals surface area contributed by atoms with Crippen molar-refractivity contribution in [2.24, 2.45) is 11.8 Å². The normalized spacial score (nSPS) is 16.0. The highest BCUT2D eigenvalue weighted by atomic mass is 32.2. The molecule has 2 fully saturated rings. The number of pyridine rings is 1. The number of thiazole rings is 1. The van der Waals surface area contributed by atoms with Gasteiger partial charge in [-0.1, -0.05) is 48.4 Å². The second-order valence-electron chi connectivity index (χ2n) is 16.5. The number of esters is 1. The van der Waals surface area contributed by atoms with Gasteiger partial charge in [-0.15, -0.1) is 0 Å². The maximum atomic E-state index is 14.4. The summed E-state index contributed by atoms with van der Waals surface area (Å²) >= 11 is 1.41. The highest BCUT2D eigenvalue weighted by Crippen LogP contribution is 2.34. The zero-order chi connectivity index (χ0) is 43.7. The van der Waals surface area contributed by atoms with Crippen LogP contribution in [0.4, 0.5) is 16.6 Å². The van der Waals surface area contributed by atoms with Crippen LogP contribution < -0.4 is 19.8 Å². The van der Waals surface area contributed by atoms with E-state index in [9.17, 15) is 22.8 Å². The lowest BCUT2D eigenvalue weighted by molar-refractivity contribution is -0.148. The number of ether oxygens (including phenoxy) is 1. The van der Waals surface area contributed by atoms with Crippen LogP contribution in [-0.2, 0) is 39.1 Å². The molecule has 2 N–H and O–H groups in total. The van der Waals surface area contributed by atoms with E-state index in [-0.39, 0.29) is 28.4 Å². The maximum Gasteiger partial charge on any atom is 0.309 e. The summed E-state index contributed by atoms with van der Waals surface area (Å²) in [5, 5.41) is 8.22. The van der Waals surface area contributed by atoms with E-state index >= 15 is 0 Å². The first kappa shape index (κ1) is 42.2. The first-order valence-electron chi connectivity index (χ1n) is 21.7. The molecule has 63 heavy (non-hydrogen) atoms. The summed E-state index contributed by atoms with van der Waals surface area (Å²) in [6.07, 6.45) is 8.36. The number of amides is 2. The molecule has 0 bridgehead atoms. The average Bonchev–Trinajstić information content (AvgIpc) is 4.06. The number of piperidine rings is 1.